The van der Waals surface area contributed by atoms with Gasteiger partial charge in [-0.05, 0) is 36.6 Å². The average Bonchev–Trinajstić information content (AvgIpc) is 3.29. The summed E-state index contributed by atoms with van der Waals surface area (Å²) < 4.78 is 4.94. The van der Waals surface area contributed by atoms with Crippen molar-refractivity contribution in [2.24, 2.45) is 0 Å². The molecule has 1 fully saturated rings. The maximum Gasteiger partial charge on any atom is 0.367 e. The number of rotatable bonds is 13. The van der Waals surface area contributed by atoms with Gasteiger partial charge in [0.15, 0.2) is 0 Å². The van der Waals surface area contributed by atoms with Gasteiger partial charge in [-0.1, -0.05) is 30.3 Å². The number of carbonyl (C=O) groups is 4. The van der Waals surface area contributed by atoms with Gasteiger partial charge in [0.2, 0.25) is 11.8 Å². The highest BCUT2D eigenvalue weighted by Crippen LogP contribution is 2.20. The molecule has 0 spiro atoms. The van der Waals surface area contributed by atoms with E-state index in [2.05, 4.69) is 10.2 Å². The van der Waals surface area contributed by atoms with Crippen molar-refractivity contribution in [2.45, 2.75) is 44.2 Å². The molecule has 0 bridgehead atoms. The van der Waals surface area contributed by atoms with E-state index in [0.29, 0.717) is 32.1 Å². The second kappa shape index (κ2) is 14.6. The molecule has 0 aromatic heterocycles. The lowest BCUT2D eigenvalue weighted by atomic mass is 10.1. The third kappa shape index (κ3) is 9.88. The second-order valence-electron chi connectivity index (χ2n) is 7.32. The van der Waals surface area contributed by atoms with Crippen LogP contribution < -0.4 is 5.32 Å². The fourth-order valence-electron chi connectivity index (χ4n) is 3.39. The van der Waals surface area contributed by atoms with Crippen LogP contribution in [-0.4, -0.2) is 81.7 Å². The first kappa shape index (κ1) is 26.7. The molecule has 1 saturated heterocycles. The molecule has 1 aliphatic rings. The van der Waals surface area contributed by atoms with Gasteiger partial charge in [0.25, 0.3) is 0 Å². The van der Waals surface area contributed by atoms with Crippen LogP contribution in [0.25, 0.3) is 0 Å². The normalized spacial score (nSPS) is 16.5. The predicted molar refractivity (Wildman–Crippen MR) is 117 cm³/mol. The van der Waals surface area contributed by atoms with Crippen LogP contribution in [0, 0.1) is 0 Å². The van der Waals surface area contributed by atoms with Crippen molar-refractivity contribution in [1.82, 2.24) is 15.6 Å². The zero-order valence-corrected chi connectivity index (χ0v) is 18.9. The molecule has 0 unspecified atom stereocenters. The van der Waals surface area contributed by atoms with Crippen molar-refractivity contribution in [3.63, 3.8) is 0 Å². The van der Waals surface area contributed by atoms with Crippen molar-refractivity contribution in [3.8, 4) is 0 Å². The largest absolute Gasteiger partial charge is 0.457 e. The first-order chi connectivity index (χ1) is 15.9. The topological polar surface area (TPSA) is 146 Å². The fourth-order valence-corrected chi connectivity index (χ4v) is 4.00. The Morgan fingerprint density at radius 1 is 1.24 bits per heavy atom. The predicted octanol–water partition coefficient (Wildman–Crippen LogP) is 1.57. The Morgan fingerprint density at radius 2 is 2.00 bits per heavy atom. The number of likely N-dealkylation sites (tertiary alicyclic amines) is 1. The summed E-state index contributed by atoms with van der Waals surface area (Å²) in [5.41, 5.74) is 0.925. The van der Waals surface area contributed by atoms with Gasteiger partial charge in [-0.2, -0.15) is 0 Å². The highest BCUT2D eigenvalue weighted by molar-refractivity contribution is 8.13. The van der Waals surface area contributed by atoms with Crippen LogP contribution in [0.3, 0.4) is 0 Å². The number of nitrogens with zero attached hydrogens (tertiary/aromatic N) is 2. The smallest absolute Gasteiger partial charge is 0.367 e. The molecule has 12 heteroatoms. The van der Waals surface area contributed by atoms with Crippen molar-refractivity contribution in [3.05, 3.63) is 35.9 Å². The first-order valence-electron chi connectivity index (χ1n) is 10.6. The third-order valence-electron chi connectivity index (χ3n) is 4.92. The number of carbonyl (C=O) groups excluding carboxylic acids is 4. The number of nitrogens with one attached hydrogen (secondary N) is 1. The van der Waals surface area contributed by atoms with Gasteiger partial charge in [-0.15, -0.1) is 0 Å². The number of aldehydes is 1. The molecule has 1 heterocycles. The molecule has 1 aliphatic heterocycles. The number of hydrogen-bond acceptors (Lipinski definition) is 10. The molecule has 33 heavy (non-hydrogen) atoms. The Bertz CT molecular complexity index is 780. The summed E-state index contributed by atoms with van der Waals surface area (Å²) in [6.45, 7) is 0.435. The quantitative estimate of drug-likeness (QED) is 0.163. The Kier molecular flexibility index (Phi) is 11.8. The lowest BCUT2D eigenvalue weighted by molar-refractivity contribution is -0.492. The number of ether oxygens (including phenoxy) is 1. The number of amides is 2. The summed E-state index contributed by atoms with van der Waals surface area (Å²) in [5, 5.41) is 18.5. The van der Waals surface area contributed by atoms with Crippen LogP contribution in [0.5, 0.6) is 0 Å². The van der Waals surface area contributed by atoms with E-state index in [0.717, 1.165) is 17.3 Å². The fraction of sp³-hybridized carbons (Fsp3) is 0.524. The Labute approximate surface area is 195 Å². The minimum absolute atomic E-state index is 0.0306. The molecule has 0 aliphatic carbocycles. The number of hydrogen-bond donors (Lipinski definition) is 3. The molecule has 2 amide bonds. The van der Waals surface area contributed by atoms with Gasteiger partial charge in [0, 0.05) is 25.1 Å². The van der Waals surface area contributed by atoms with Crippen LogP contribution in [0.2, 0.25) is 0 Å². The van der Waals surface area contributed by atoms with Gasteiger partial charge in [0.05, 0.1) is 24.6 Å². The average molecular weight is 484 g/mol. The Balaban J connectivity index is 1.72. The minimum atomic E-state index is -0.675. The molecule has 2 atom stereocenters. The summed E-state index contributed by atoms with van der Waals surface area (Å²) in [6.07, 6.45) is 2.61. The first-order valence-corrected chi connectivity index (χ1v) is 11.6. The van der Waals surface area contributed by atoms with Crippen LogP contribution in [-0.2, 0) is 30.4 Å². The molecule has 182 valence electrons. The van der Waals surface area contributed by atoms with E-state index in [1.54, 1.807) is 0 Å². The van der Waals surface area contributed by atoms with Crippen LogP contribution in [0.1, 0.15) is 31.2 Å². The molecule has 11 nitrogen and oxygen atoms in total. The van der Waals surface area contributed by atoms with Crippen LogP contribution in [0.4, 0.5) is 4.79 Å². The zero-order chi connectivity index (χ0) is 24.1. The monoisotopic (exact) mass is 483 g/mol. The third-order valence-corrected chi connectivity index (χ3v) is 5.68. The minimum Gasteiger partial charge on any atom is -0.457 e. The van der Waals surface area contributed by atoms with E-state index in [1.807, 2.05) is 30.3 Å². The zero-order valence-electron chi connectivity index (χ0n) is 18.1. The molecular weight excluding hydrogens is 454 g/mol. The summed E-state index contributed by atoms with van der Waals surface area (Å²) in [7, 11) is 0. The molecule has 0 saturated carbocycles. The standard InChI is InChI=1S/C21H29N3O8S/c25-15-17(14-16-6-2-1-3-7-16)22-20(27)18-8-4-10-23(18)19(26)9-13-33-21(28)31-11-5-12-32-24(29)30/h1-3,6-7,15,17-18,29-30H,4-5,8-14H2,(H,22,27)/t17-,18+/m1/s1. The van der Waals surface area contributed by atoms with E-state index < -0.39 is 22.8 Å². The maximum atomic E-state index is 12.7. The maximum absolute atomic E-state index is 12.7. The highest BCUT2D eigenvalue weighted by Gasteiger charge is 2.34. The van der Waals surface area contributed by atoms with Gasteiger partial charge in [0.1, 0.15) is 12.3 Å². The van der Waals surface area contributed by atoms with Crippen LogP contribution >= 0.6 is 11.8 Å². The van der Waals surface area contributed by atoms with Crippen LogP contribution in [0.15, 0.2) is 30.3 Å². The van der Waals surface area contributed by atoms with Crippen molar-refractivity contribution >= 4 is 35.2 Å². The summed E-state index contributed by atoms with van der Waals surface area (Å²) in [6, 6.07) is 8.04. The molecular formula is C21H29N3O8S. The molecule has 2 rings (SSSR count). The summed E-state index contributed by atoms with van der Waals surface area (Å²) >= 11 is 0.848. The SMILES string of the molecule is O=C[C@@H](Cc1ccccc1)NC(=O)[C@@H]1CCCN1C(=O)CCSC(=O)OCCCON(O)O. The van der Waals surface area contributed by atoms with E-state index in [9.17, 15) is 19.2 Å². The van der Waals surface area contributed by atoms with E-state index in [-0.39, 0.29) is 43.6 Å². The number of thioether (sulfide) groups is 1. The Morgan fingerprint density at radius 3 is 2.70 bits per heavy atom. The van der Waals surface area contributed by atoms with E-state index in [1.165, 1.54) is 4.90 Å². The molecule has 3 N–H and O–H groups in total. The van der Waals surface area contributed by atoms with E-state index in [4.69, 9.17) is 15.2 Å². The molecule has 1 aromatic rings. The highest BCUT2D eigenvalue weighted by atomic mass is 32.2. The molecule has 0 radical (unpaired) electrons. The summed E-state index contributed by atoms with van der Waals surface area (Å²) in [4.78, 5) is 54.3. The lowest BCUT2D eigenvalue weighted by Crippen LogP contribution is -2.49. The Hall–Kier alpha value is -2.51. The molecule has 1 aromatic carbocycles. The van der Waals surface area contributed by atoms with Crippen molar-refractivity contribution in [2.75, 3.05) is 25.5 Å². The van der Waals surface area contributed by atoms with Gasteiger partial charge in [-0.3, -0.25) is 24.8 Å². The second-order valence-corrected chi connectivity index (χ2v) is 8.35. The van der Waals surface area contributed by atoms with Gasteiger partial charge < -0.3 is 19.7 Å². The summed E-state index contributed by atoms with van der Waals surface area (Å²) in [5.74, 6) is -0.393. The van der Waals surface area contributed by atoms with Crippen molar-refractivity contribution < 1.29 is 39.2 Å². The lowest BCUT2D eigenvalue weighted by Gasteiger charge is -2.25. The van der Waals surface area contributed by atoms with Gasteiger partial charge >= 0.3 is 5.30 Å². The van der Waals surface area contributed by atoms with Crippen molar-refractivity contribution in [1.29, 1.82) is 0 Å². The van der Waals surface area contributed by atoms with E-state index >= 15 is 0 Å². The number of benzene rings is 1. The van der Waals surface area contributed by atoms with Gasteiger partial charge in [-0.25, -0.2) is 4.79 Å².